The van der Waals surface area contributed by atoms with Crippen LogP contribution in [-0.2, 0) is 5.88 Å². The van der Waals surface area contributed by atoms with Gasteiger partial charge in [-0.3, -0.25) is 0 Å². The Labute approximate surface area is 78.0 Å². The maximum Gasteiger partial charge on any atom is 0.120 e. The van der Waals surface area contributed by atoms with Gasteiger partial charge in [-0.1, -0.05) is 26.0 Å². The van der Waals surface area contributed by atoms with Crippen molar-refractivity contribution in [2.45, 2.75) is 25.6 Å². The molecule has 0 bridgehead atoms. The fraction of sp³-hybridized carbons (Fsp3) is 0.400. The summed E-state index contributed by atoms with van der Waals surface area (Å²) in [6.45, 7) is 4.18. The van der Waals surface area contributed by atoms with Gasteiger partial charge < -0.3 is 5.11 Å². The summed E-state index contributed by atoms with van der Waals surface area (Å²) in [4.78, 5) is 0. The van der Waals surface area contributed by atoms with Gasteiger partial charge in [0.2, 0.25) is 0 Å². The molecule has 0 unspecified atom stereocenters. The maximum atomic E-state index is 9.46. The van der Waals surface area contributed by atoms with E-state index in [4.69, 9.17) is 11.6 Å². The lowest BCUT2D eigenvalue weighted by Crippen LogP contribution is -1.88. The average Bonchev–Trinajstić information content (AvgIpc) is 2.04. The fourth-order valence-corrected chi connectivity index (χ4v) is 1.28. The van der Waals surface area contributed by atoms with Gasteiger partial charge in [-0.05, 0) is 17.5 Å². The Kier molecular flexibility index (Phi) is 2.99. The van der Waals surface area contributed by atoms with Gasteiger partial charge >= 0.3 is 0 Å². The van der Waals surface area contributed by atoms with E-state index in [0.717, 1.165) is 11.1 Å². The van der Waals surface area contributed by atoms with Crippen LogP contribution in [0.25, 0.3) is 0 Å². The quantitative estimate of drug-likeness (QED) is 0.700. The molecular formula is C10H13ClO. The molecule has 66 valence electrons. The molecule has 0 radical (unpaired) electrons. The summed E-state index contributed by atoms with van der Waals surface area (Å²) in [5, 5.41) is 9.46. The van der Waals surface area contributed by atoms with Crippen LogP contribution in [0.15, 0.2) is 18.2 Å². The topological polar surface area (TPSA) is 20.2 Å². The van der Waals surface area contributed by atoms with Crippen molar-refractivity contribution in [3.8, 4) is 5.75 Å². The SMILES string of the molecule is CC(C)c1ccc(CCl)c(O)c1. The lowest BCUT2D eigenvalue weighted by molar-refractivity contribution is 0.469. The van der Waals surface area contributed by atoms with Crippen molar-refractivity contribution in [3.05, 3.63) is 29.3 Å². The van der Waals surface area contributed by atoms with E-state index >= 15 is 0 Å². The molecule has 0 aliphatic heterocycles. The summed E-state index contributed by atoms with van der Waals surface area (Å²) in [7, 11) is 0. The summed E-state index contributed by atoms with van der Waals surface area (Å²) in [6.07, 6.45) is 0. The molecule has 0 saturated heterocycles. The van der Waals surface area contributed by atoms with E-state index in [1.807, 2.05) is 12.1 Å². The Morgan fingerprint density at radius 3 is 2.50 bits per heavy atom. The van der Waals surface area contributed by atoms with E-state index < -0.39 is 0 Å². The first-order valence-corrected chi connectivity index (χ1v) is 4.56. The largest absolute Gasteiger partial charge is 0.508 e. The molecule has 0 heterocycles. The van der Waals surface area contributed by atoms with Crippen LogP contribution in [0.4, 0.5) is 0 Å². The van der Waals surface area contributed by atoms with Crippen molar-refractivity contribution in [2.24, 2.45) is 0 Å². The van der Waals surface area contributed by atoms with Gasteiger partial charge in [-0.15, -0.1) is 11.6 Å². The normalized spacial score (nSPS) is 10.7. The van der Waals surface area contributed by atoms with Crippen molar-refractivity contribution >= 4 is 11.6 Å². The van der Waals surface area contributed by atoms with Gasteiger partial charge in [-0.25, -0.2) is 0 Å². The minimum absolute atomic E-state index is 0.302. The van der Waals surface area contributed by atoms with Crippen molar-refractivity contribution in [1.29, 1.82) is 0 Å². The average molecular weight is 185 g/mol. The molecule has 0 atom stereocenters. The van der Waals surface area contributed by atoms with Crippen LogP contribution >= 0.6 is 11.6 Å². The predicted octanol–water partition coefficient (Wildman–Crippen LogP) is 3.25. The molecule has 0 spiro atoms. The molecule has 0 saturated carbocycles. The predicted molar refractivity (Wildman–Crippen MR) is 51.8 cm³/mol. The summed E-state index contributed by atoms with van der Waals surface area (Å²) >= 11 is 5.60. The number of hydrogen-bond acceptors (Lipinski definition) is 1. The van der Waals surface area contributed by atoms with E-state index in [9.17, 15) is 5.11 Å². The maximum absolute atomic E-state index is 9.46. The number of phenolic OH excluding ortho intramolecular Hbond substituents is 1. The van der Waals surface area contributed by atoms with Crippen LogP contribution in [-0.4, -0.2) is 5.11 Å². The molecule has 12 heavy (non-hydrogen) atoms. The van der Waals surface area contributed by atoms with Crippen LogP contribution in [0.5, 0.6) is 5.75 Å². The van der Waals surface area contributed by atoms with Gasteiger partial charge in [0.1, 0.15) is 5.75 Å². The summed E-state index contributed by atoms with van der Waals surface area (Å²) < 4.78 is 0. The molecule has 0 amide bonds. The molecule has 1 N–H and O–H groups in total. The minimum atomic E-state index is 0.302. The Hall–Kier alpha value is -0.690. The van der Waals surface area contributed by atoms with Crippen LogP contribution in [0.3, 0.4) is 0 Å². The third-order valence-electron chi connectivity index (χ3n) is 1.92. The first kappa shape index (κ1) is 9.40. The van der Waals surface area contributed by atoms with Crippen molar-refractivity contribution in [2.75, 3.05) is 0 Å². The highest BCUT2D eigenvalue weighted by molar-refractivity contribution is 6.17. The summed E-state index contributed by atoms with van der Waals surface area (Å²) in [6, 6.07) is 5.65. The molecular weight excluding hydrogens is 172 g/mol. The molecule has 2 heteroatoms. The second-order valence-electron chi connectivity index (χ2n) is 3.18. The first-order chi connectivity index (χ1) is 5.65. The number of alkyl halides is 1. The second-order valence-corrected chi connectivity index (χ2v) is 3.44. The van der Waals surface area contributed by atoms with Gasteiger partial charge in [-0.2, -0.15) is 0 Å². The lowest BCUT2D eigenvalue weighted by Gasteiger charge is -2.07. The van der Waals surface area contributed by atoms with Gasteiger partial charge in [0.15, 0.2) is 0 Å². The van der Waals surface area contributed by atoms with E-state index in [0.29, 0.717) is 17.5 Å². The van der Waals surface area contributed by atoms with Crippen LogP contribution < -0.4 is 0 Å². The highest BCUT2D eigenvalue weighted by Gasteiger charge is 2.03. The molecule has 1 aromatic carbocycles. The zero-order valence-electron chi connectivity index (χ0n) is 7.34. The Morgan fingerprint density at radius 2 is 2.08 bits per heavy atom. The number of phenols is 1. The number of rotatable bonds is 2. The zero-order valence-corrected chi connectivity index (χ0v) is 8.10. The van der Waals surface area contributed by atoms with E-state index in [-0.39, 0.29) is 0 Å². The smallest absolute Gasteiger partial charge is 0.120 e. The van der Waals surface area contributed by atoms with E-state index in [1.165, 1.54) is 0 Å². The molecule has 0 fully saturated rings. The van der Waals surface area contributed by atoms with Crippen molar-refractivity contribution in [3.63, 3.8) is 0 Å². The molecule has 1 rings (SSSR count). The number of benzene rings is 1. The Bertz CT molecular complexity index is 269. The molecule has 1 nitrogen and oxygen atoms in total. The van der Waals surface area contributed by atoms with Crippen molar-refractivity contribution in [1.82, 2.24) is 0 Å². The zero-order chi connectivity index (χ0) is 9.14. The third-order valence-corrected chi connectivity index (χ3v) is 2.21. The first-order valence-electron chi connectivity index (χ1n) is 4.03. The molecule has 0 aliphatic carbocycles. The highest BCUT2D eigenvalue weighted by Crippen LogP contribution is 2.24. The van der Waals surface area contributed by atoms with Crippen molar-refractivity contribution < 1.29 is 5.11 Å². The molecule has 0 aliphatic rings. The standard InChI is InChI=1S/C10H13ClO/c1-7(2)8-3-4-9(6-11)10(12)5-8/h3-5,7,12H,6H2,1-2H3. The number of aromatic hydroxyl groups is 1. The van der Waals surface area contributed by atoms with Gasteiger partial charge in [0.05, 0.1) is 5.88 Å². The Balaban J connectivity index is 3.02. The lowest BCUT2D eigenvalue weighted by atomic mass is 10.0. The minimum Gasteiger partial charge on any atom is -0.508 e. The van der Waals surface area contributed by atoms with Crippen LogP contribution in [0, 0.1) is 0 Å². The highest BCUT2D eigenvalue weighted by atomic mass is 35.5. The number of halogens is 1. The Morgan fingerprint density at radius 1 is 1.42 bits per heavy atom. The molecule has 0 aromatic heterocycles. The van der Waals surface area contributed by atoms with Crippen LogP contribution in [0.2, 0.25) is 0 Å². The molecule has 1 aromatic rings. The van der Waals surface area contributed by atoms with E-state index in [1.54, 1.807) is 6.07 Å². The fourth-order valence-electron chi connectivity index (χ4n) is 1.05. The van der Waals surface area contributed by atoms with E-state index in [2.05, 4.69) is 13.8 Å². The number of hydrogen-bond donors (Lipinski definition) is 1. The summed E-state index contributed by atoms with van der Waals surface area (Å²) in [5.74, 6) is 1.11. The van der Waals surface area contributed by atoms with Gasteiger partial charge in [0, 0.05) is 5.56 Å². The third kappa shape index (κ3) is 1.92. The van der Waals surface area contributed by atoms with Gasteiger partial charge in [0.25, 0.3) is 0 Å². The monoisotopic (exact) mass is 184 g/mol. The second kappa shape index (κ2) is 3.81. The van der Waals surface area contributed by atoms with Crippen LogP contribution in [0.1, 0.15) is 30.9 Å². The summed E-state index contributed by atoms with van der Waals surface area (Å²) in [5.41, 5.74) is 1.93.